The molecule has 4 nitrogen and oxygen atoms in total. The average molecular weight is 251 g/mol. The van der Waals surface area contributed by atoms with Gasteiger partial charge in [-0.05, 0) is 44.9 Å². The molecule has 2 N–H and O–H groups in total. The van der Waals surface area contributed by atoms with E-state index in [1.165, 1.54) is 0 Å². The highest BCUT2D eigenvalue weighted by atomic mass is 16.5. The molecule has 1 aromatic rings. The summed E-state index contributed by atoms with van der Waals surface area (Å²) < 4.78 is 5.57. The first-order valence-corrected chi connectivity index (χ1v) is 6.24. The van der Waals surface area contributed by atoms with Crippen LogP contribution in [-0.4, -0.2) is 23.7 Å². The third kappa shape index (κ3) is 4.65. The van der Waals surface area contributed by atoms with Crippen molar-refractivity contribution in [2.24, 2.45) is 0 Å². The van der Waals surface area contributed by atoms with E-state index < -0.39 is 5.97 Å². The minimum absolute atomic E-state index is 0.100. The maximum absolute atomic E-state index is 10.5. The Bertz CT molecular complexity index is 404. The molecule has 1 aromatic carbocycles. The Morgan fingerprint density at radius 1 is 1.50 bits per heavy atom. The van der Waals surface area contributed by atoms with Gasteiger partial charge in [-0.1, -0.05) is 6.07 Å². The molecule has 0 radical (unpaired) electrons. The lowest BCUT2D eigenvalue weighted by Crippen LogP contribution is -2.17. The third-order valence-corrected chi connectivity index (χ3v) is 2.63. The van der Waals surface area contributed by atoms with Gasteiger partial charge in [-0.3, -0.25) is 4.79 Å². The standard InChI is InChI=1S/C14H21NO3/c1-4-18-13-9-10(2)5-7-12(13)15-11(3)6-8-14(16)17/h5,7,9,11,15H,4,6,8H2,1-3H3,(H,16,17). The van der Waals surface area contributed by atoms with Gasteiger partial charge in [-0.2, -0.15) is 0 Å². The van der Waals surface area contributed by atoms with Gasteiger partial charge >= 0.3 is 5.97 Å². The maximum atomic E-state index is 10.5. The molecular weight excluding hydrogens is 230 g/mol. The Labute approximate surface area is 108 Å². The van der Waals surface area contributed by atoms with Crippen LogP contribution in [0.1, 0.15) is 32.3 Å². The van der Waals surface area contributed by atoms with Crippen LogP contribution in [0.15, 0.2) is 18.2 Å². The number of benzene rings is 1. The number of carboxylic acids is 1. The molecule has 0 aromatic heterocycles. The summed E-state index contributed by atoms with van der Waals surface area (Å²) in [4.78, 5) is 10.5. The molecule has 0 bridgehead atoms. The summed E-state index contributed by atoms with van der Waals surface area (Å²) in [5.74, 6) is 0.0530. The molecule has 0 saturated heterocycles. The maximum Gasteiger partial charge on any atom is 0.303 e. The Balaban J connectivity index is 2.67. The fourth-order valence-corrected chi connectivity index (χ4v) is 1.70. The van der Waals surface area contributed by atoms with Gasteiger partial charge in [-0.25, -0.2) is 0 Å². The first-order valence-electron chi connectivity index (χ1n) is 6.24. The predicted molar refractivity (Wildman–Crippen MR) is 72.3 cm³/mol. The van der Waals surface area contributed by atoms with E-state index in [-0.39, 0.29) is 12.5 Å². The highest BCUT2D eigenvalue weighted by molar-refractivity contribution is 5.67. The van der Waals surface area contributed by atoms with Gasteiger partial charge in [0.2, 0.25) is 0 Å². The fraction of sp³-hybridized carbons (Fsp3) is 0.500. The summed E-state index contributed by atoms with van der Waals surface area (Å²) >= 11 is 0. The third-order valence-electron chi connectivity index (χ3n) is 2.63. The van der Waals surface area contributed by atoms with Crippen molar-refractivity contribution in [2.45, 2.75) is 39.7 Å². The number of aryl methyl sites for hydroxylation is 1. The van der Waals surface area contributed by atoms with Gasteiger partial charge in [0, 0.05) is 12.5 Å². The average Bonchev–Trinajstić information content (AvgIpc) is 2.30. The van der Waals surface area contributed by atoms with Crippen LogP contribution < -0.4 is 10.1 Å². The molecule has 1 atom stereocenters. The number of carboxylic acid groups (broad SMARTS) is 1. The van der Waals surface area contributed by atoms with Crippen molar-refractivity contribution in [2.75, 3.05) is 11.9 Å². The highest BCUT2D eigenvalue weighted by Gasteiger charge is 2.09. The first kappa shape index (κ1) is 14.4. The van der Waals surface area contributed by atoms with Gasteiger partial charge in [0.15, 0.2) is 0 Å². The number of anilines is 1. The molecule has 0 aliphatic rings. The molecule has 0 spiro atoms. The highest BCUT2D eigenvalue weighted by Crippen LogP contribution is 2.26. The molecule has 0 saturated carbocycles. The first-order chi connectivity index (χ1) is 8.52. The summed E-state index contributed by atoms with van der Waals surface area (Å²) in [6.07, 6.45) is 0.763. The minimum Gasteiger partial charge on any atom is -0.492 e. The molecule has 100 valence electrons. The molecule has 0 aliphatic heterocycles. The molecule has 1 unspecified atom stereocenters. The summed E-state index contributed by atoms with van der Waals surface area (Å²) in [5, 5.41) is 11.9. The zero-order valence-corrected chi connectivity index (χ0v) is 11.2. The topological polar surface area (TPSA) is 58.6 Å². The summed E-state index contributed by atoms with van der Waals surface area (Å²) in [7, 11) is 0. The van der Waals surface area contributed by atoms with Crippen molar-refractivity contribution in [1.82, 2.24) is 0 Å². The number of hydrogen-bond donors (Lipinski definition) is 2. The van der Waals surface area contributed by atoms with Crippen LogP contribution in [0.25, 0.3) is 0 Å². The molecule has 0 aliphatic carbocycles. The summed E-state index contributed by atoms with van der Waals surface area (Å²) in [5.41, 5.74) is 2.06. The number of aliphatic carboxylic acids is 1. The monoisotopic (exact) mass is 251 g/mol. The second kappa shape index (κ2) is 6.89. The SMILES string of the molecule is CCOc1cc(C)ccc1NC(C)CCC(=O)O. The Kier molecular flexibility index (Phi) is 5.49. The van der Waals surface area contributed by atoms with Crippen LogP contribution >= 0.6 is 0 Å². The van der Waals surface area contributed by atoms with Gasteiger partial charge in [0.25, 0.3) is 0 Å². The van der Waals surface area contributed by atoms with Crippen molar-refractivity contribution in [3.63, 3.8) is 0 Å². The van der Waals surface area contributed by atoms with Crippen LogP contribution in [-0.2, 0) is 4.79 Å². The zero-order valence-electron chi connectivity index (χ0n) is 11.2. The normalized spacial score (nSPS) is 11.9. The largest absolute Gasteiger partial charge is 0.492 e. The minimum atomic E-state index is -0.766. The lowest BCUT2D eigenvalue weighted by molar-refractivity contribution is -0.137. The zero-order chi connectivity index (χ0) is 13.5. The van der Waals surface area contributed by atoms with Crippen LogP contribution in [0.2, 0.25) is 0 Å². The smallest absolute Gasteiger partial charge is 0.303 e. The van der Waals surface area contributed by atoms with Gasteiger partial charge in [0.05, 0.1) is 12.3 Å². The van der Waals surface area contributed by atoms with Crippen molar-refractivity contribution in [3.05, 3.63) is 23.8 Å². The Morgan fingerprint density at radius 3 is 2.83 bits per heavy atom. The van der Waals surface area contributed by atoms with Crippen LogP contribution in [0, 0.1) is 6.92 Å². The number of rotatable bonds is 7. The van der Waals surface area contributed by atoms with Gasteiger partial charge in [0.1, 0.15) is 5.75 Å². The van der Waals surface area contributed by atoms with Crippen molar-refractivity contribution in [1.29, 1.82) is 0 Å². The second-order valence-corrected chi connectivity index (χ2v) is 4.41. The van der Waals surface area contributed by atoms with E-state index in [2.05, 4.69) is 5.32 Å². The lowest BCUT2D eigenvalue weighted by Gasteiger charge is -2.18. The number of carbonyl (C=O) groups is 1. The number of ether oxygens (including phenoxy) is 1. The number of nitrogens with one attached hydrogen (secondary N) is 1. The lowest BCUT2D eigenvalue weighted by atomic mass is 10.1. The van der Waals surface area contributed by atoms with E-state index in [0.29, 0.717) is 13.0 Å². The van der Waals surface area contributed by atoms with Crippen LogP contribution in [0.5, 0.6) is 5.75 Å². The molecule has 0 amide bonds. The van der Waals surface area contributed by atoms with E-state index in [1.54, 1.807) is 0 Å². The van der Waals surface area contributed by atoms with E-state index >= 15 is 0 Å². The van der Waals surface area contributed by atoms with E-state index in [4.69, 9.17) is 9.84 Å². The number of hydrogen-bond acceptors (Lipinski definition) is 3. The quantitative estimate of drug-likeness (QED) is 0.782. The van der Waals surface area contributed by atoms with Gasteiger partial charge in [-0.15, -0.1) is 0 Å². The molecule has 4 heteroatoms. The van der Waals surface area contributed by atoms with Crippen molar-refractivity contribution in [3.8, 4) is 5.75 Å². The van der Waals surface area contributed by atoms with E-state index in [1.807, 2.05) is 39.0 Å². The molecule has 18 heavy (non-hydrogen) atoms. The molecular formula is C14H21NO3. The second-order valence-electron chi connectivity index (χ2n) is 4.41. The summed E-state index contributed by atoms with van der Waals surface area (Å²) in [6, 6.07) is 6.06. The van der Waals surface area contributed by atoms with E-state index in [0.717, 1.165) is 17.0 Å². The predicted octanol–water partition coefficient (Wildman–Crippen LogP) is 3.06. The Hall–Kier alpha value is -1.71. The van der Waals surface area contributed by atoms with E-state index in [9.17, 15) is 4.79 Å². The van der Waals surface area contributed by atoms with Crippen LogP contribution in [0.3, 0.4) is 0 Å². The van der Waals surface area contributed by atoms with Crippen molar-refractivity contribution >= 4 is 11.7 Å². The molecule has 0 heterocycles. The molecule has 1 rings (SSSR count). The fourth-order valence-electron chi connectivity index (χ4n) is 1.70. The van der Waals surface area contributed by atoms with Crippen LogP contribution in [0.4, 0.5) is 5.69 Å². The van der Waals surface area contributed by atoms with Gasteiger partial charge < -0.3 is 15.2 Å². The summed E-state index contributed by atoms with van der Waals surface area (Å²) in [6.45, 7) is 6.54. The Morgan fingerprint density at radius 2 is 2.22 bits per heavy atom. The van der Waals surface area contributed by atoms with Crippen molar-refractivity contribution < 1.29 is 14.6 Å². The molecule has 0 fully saturated rings.